The van der Waals surface area contributed by atoms with E-state index in [1.165, 1.54) is 54.6 Å². The number of carbonyl (C=O) groups is 4. The Labute approximate surface area is 200 Å². The summed E-state index contributed by atoms with van der Waals surface area (Å²) in [7, 11) is 0. The number of nitro benzene ring substituents is 1. The van der Waals surface area contributed by atoms with Crippen LogP contribution in [0.25, 0.3) is 17.4 Å². The fourth-order valence-electron chi connectivity index (χ4n) is 3.27. The minimum Gasteiger partial charge on any atom is -0.478 e. The first-order valence-electron chi connectivity index (χ1n) is 9.83. The summed E-state index contributed by atoms with van der Waals surface area (Å²) in [5.74, 6) is -2.81. The van der Waals surface area contributed by atoms with E-state index in [9.17, 15) is 39.5 Å². The Morgan fingerprint density at radius 2 is 1.63 bits per heavy atom. The third kappa shape index (κ3) is 4.96. The van der Waals surface area contributed by atoms with Gasteiger partial charge in [-0.15, -0.1) is 0 Å². The standard InChI is InChI=1S/C23H14N2O9S/c26-20-19(35-23(31)24(20)11-12-1-3-16(4-2-12)25(32)33)10-17-5-6-18(34-17)13-7-14(21(27)28)9-15(8-13)22(29)30/h1-10H,11H2,(H,27,28)(H,29,30)/b19-10+. The fourth-order valence-corrected chi connectivity index (χ4v) is 4.09. The lowest BCUT2D eigenvalue weighted by Gasteiger charge is -2.12. The molecule has 1 aliphatic rings. The number of hydrogen-bond donors (Lipinski definition) is 2. The smallest absolute Gasteiger partial charge is 0.335 e. The van der Waals surface area contributed by atoms with Crippen LogP contribution >= 0.6 is 11.8 Å². The second-order valence-corrected chi connectivity index (χ2v) is 8.30. The summed E-state index contributed by atoms with van der Waals surface area (Å²) in [6, 6.07) is 12.0. The Morgan fingerprint density at radius 1 is 1.00 bits per heavy atom. The van der Waals surface area contributed by atoms with Crippen molar-refractivity contribution in [3.05, 3.63) is 92.1 Å². The molecule has 12 heteroatoms. The lowest BCUT2D eigenvalue weighted by molar-refractivity contribution is -0.384. The molecule has 2 heterocycles. The van der Waals surface area contributed by atoms with Gasteiger partial charge in [0.1, 0.15) is 11.5 Å². The molecular formula is C23H14N2O9S. The van der Waals surface area contributed by atoms with Crippen molar-refractivity contribution in [2.75, 3.05) is 0 Å². The summed E-state index contributed by atoms with van der Waals surface area (Å²) in [4.78, 5) is 59.1. The molecule has 11 nitrogen and oxygen atoms in total. The van der Waals surface area contributed by atoms with Gasteiger partial charge >= 0.3 is 11.9 Å². The van der Waals surface area contributed by atoms with Gasteiger partial charge in [-0.3, -0.25) is 24.6 Å². The molecule has 35 heavy (non-hydrogen) atoms. The zero-order chi connectivity index (χ0) is 25.3. The number of carbonyl (C=O) groups excluding carboxylic acids is 2. The Kier molecular flexibility index (Phi) is 6.21. The number of hydrogen-bond acceptors (Lipinski definition) is 8. The van der Waals surface area contributed by atoms with Crippen LogP contribution in [-0.4, -0.2) is 43.1 Å². The van der Waals surface area contributed by atoms with Crippen molar-refractivity contribution in [3.63, 3.8) is 0 Å². The molecule has 3 aromatic rings. The summed E-state index contributed by atoms with van der Waals surface area (Å²) >= 11 is 0.697. The lowest BCUT2D eigenvalue weighted by atomic mass is 10.0. The number of nitrogens with zero attached hydrogens (tertiary/aromatic N) is 2. The van der Waals surface area contributed by atoms with Gasteiger partial charge in [-0.25, -0.2) is 9.59 Å². The number of amides is 2. The summed E-state index contributed by atoms with van der Waals surface area (Å²) < 4.78 is 5.65. The van der Waals surface area contributed by atoms with Gasteiger partial charge in [0.15, 0.2) is 0 Å². The maximum Gasteiger partial charge on any atom is 0.335 e. The SMILES string of the molecule is O=C(O)c1cc(C(=O)O)cc(-c2ccc(/C=C3/SC(=O)N(Cc4ccc([N+](=O)[O-])cc4)C3=O)o2)c1. The van der Waals surface area contributed by atoms with Crippen LogP contribution in [0.15, 0.2) is 63.9 Å². The first-order chi connectivity index (χ1) is 16.6. The average Bonchev–Trinajstić information content (AvgIpc) is 3.39. The van der Waals surface area contributed by atoms with Crippen molar-refractivity contribution >= 4 is 46.6 Å². The zero-order valence-corrected chi connectivity index (χ0v) is 18.4. The third-order valence-electron chi connectivity index (χ3n) is 4.97. The van der Waals surface area contributed by atoms with E-state index in [-0.39, 0.29) is 45.3 Å². The normalized spacial score (nSPS) is 14.5. The first kappa shape index (κ1) is 23.4. The minimum atomic E-state index is -1.30. The number of benzene rings is 2. The predicted molar refractivity (Wildman–Crippen MR) is 123 cm³/mol. The molecule has 0 saturated carbocycles. The molecule has 1 aromatic heterocycles. The van der Waals surface area contributed by atoms with Gasteiger partial charge in [0.2, 0.25) is 0 Å². The number of furan rings is 1. The van der Waals surface area contributed by atoms with E-state index in [1.54, 1.807) is 0 Å². The Morgan fingerprint density at radius 3 is 2.20 bits per heavy atom. The molecule has 1 saturated heterocycles. The van der Waals surface area contributed by atoms with E-state index in [4.69, 9.17) is 4.42 Å². The number of imide groups is 1. The molecule has 1 fully saturated rings. The van der Waals surface area contributed by atoms with Crippen LogP contribution in [0.4, 0.5) is 10.5 Å². The maximum atomic E-state index is 12.8. The molecule has 0 bridgehead atoms. The van der Waals surface area contributed by atoms with E-state index in [2.05, 4.69) is 0 Å². The second-order valence-electron chi connectivity index (χ2n) is 7.30. The predicted octanol–water partition coefficient (Wildman–Crippen LogP) is 4.49. The second kappa shape index (κ2) is 9.27. The number of rotatable bonds is 7. The molecule has 1 aliphatic heterocycles. The fraction of sp³-hybridized carbons (Fsp3) is 0.0435. The summed E-state index contributed by atoms with van der Waals surface area (Å²) in [6.45, 7) is -0.0661. The van der Waals surface area contributed by atoms with E-state index in [1.807, 2.05) is 0 Å². The van der Waals surface area contributed by atoms with Crippen molar-refractivity contribution in [1.82, 2.24) is 4.90 Å². The van der Waals surface area contributed by atoms with E-state index in [0.29, 0.717) is 17.3 Å². The molecule has 176 valence electrons. The first-order valence-corrected chi connectivity index (χ1v) is 10.6. The number of thioether (sulfide) groups is 1. The summed E-state index contributed by atoms with van der Waals surface area (Å²) in [5.41, 5.74) is 0.177. The van der Waals surface area contributed by atoms with Gasteiger partial charge in [-0.2, -0.15) is 0 Å². The highest BCUT2D eigenvalue weighted by Crippen LogP contribution is 2.34. The van der Waals surface area contributed by atoms with Crippen molar-refractivity contribution in [2.24, 2.45) is 0 Å². The largest absolute Gasteiger partial charge is 0.478 e. The summed E-state index contributed by atoms with van der Waals surface area (Å²) in [5, 5.41) is 28.7. The average molecular weight is 494 g/mol. The van der Waals surface area contributed by atoms with Gasteiger partial charge in [-0.05, 0) is 47.7 Å². The quantitative estimate of drug-likeness (QED) is 0.271. The third-order valence-corrected chi connectivity index (χ3v) is 5.88. The van der Waals surface area contributed by atoms with Crippen LogP contribution in [0.5, 0.6) is 0 Å². The van der Waals surface area contributed by atoms with Crippen molar-refractivity contribution in [2.45, 2.75) is 6.54 Å². The highest BCUT2D eigenvalue weighted by Gasteiger charge is 2.35. The Bertz CT molecular complexity index is 1390. The van der Waals surface area contributed by atoms with Gasteiger partial charge in [0.05, 0.1) is 27.5 Å². The number of carboxylic acid groups (broad SMARTS) is 2. The molecule has 0 aliphatic carbocycles. The number of carboxylic acids is 2. The minimum absolute atomic E-state index is 0.0661. The monoisotopic (exact) mass is 494 g/mol. The molecule has 0 unspecified atom stereocenters. The number of nitro groups is 1. The molecule has 0 atom stereocenters. The Hall–Kier alpha value is -4.71. The topological polar surface area (TPSA) is 168 Å². The van der Waals surface area contributed by atoms with Gasteiger partial charge < -0.3 is 14.6 Å². The molecule has 2 aromatic carbocycles. The zero-order valence-electron chi connectivity index (χ0n) is 17.5. The van der Waals surface area contributed by atoms with Gasteiger partial charge in [-0.1, -0.05) is 12.1 Å². The van der Waals surface area contributed by atoms with Gasteiger partial charge in [0.25, 0.3) is 16.8 Å². The van der Waals surface area contributed by atoms with Crippen LogP contribution in [0.1, 0.15) is 32.0 Å². The van der Waals surface area contributed by atoms with Crippen LogP contribution < -0.4 is 0 Å². The molecule has 4 rings (SSSR count). The van der Waals surface area contributed by atoms with Crippen LogP contribution in [0.2, 0.25) is 0 Å². The van der Waals surface area contributed by atoms with Crippen molar-refractivity contribution < 1.29 is 38.7 Å². The molecule has 2 N–H and O–H groups in total. The molecule has 2 amide bonds. The van der Waals surface area contributed by atoms with Crippen molar-refractivity contribution in [3.8, 4) is 11.3 Å². The highest BCUT2D eigenvalue weighted by molar-refractivity contribution is 8.18. The molecular weight excluding hydrogens is 480 g/mol. The van der Waals surface area contributed by atoms with Crippen LogP contribution in [0.3, 0.4) is 0 Å². The number of non-ortho nitro benzene ring substituents is 1. The Balaban J connectivity index is 1.56. The molecule has 0 radical (unpaired) electrons. The number of aromatic carboxylic acids is 2. The van der Waals surface area contributed by atoms with Crippen molar-refractivity contribution in [1.29, 1.82) is 0 Å². The lowest BCUT2D eigenvalue weighted by Crippen LogP contribution is -2.27. The maximum absolute atomic E-state index is 12.8. The van der Waals surface area contributed by atoms with E-state index < -0.39 is 28.0 Å². The van der Waals surface area contributed by atoms with Gasteiger partial charge in [0, 0.05) is 23.8 Å². The van der Waals surface area contributed by atoms with E-state index >= 15 is 0 Å². The summed E-state index contributed by atoms with van der Waals surface area (Å²) in [6.07, 6.45) is 1.35. The van der Waals surface area contributed by atoms with Crippen LogP contribution in [0, 0.1) is 10.1 Å². The van der Waals surface area contributed by atoms with E-state index in [0.717, 1.165) is 11.0 Å². The van der Waals surface area contributed by atoms with Crippen LogP contribution in [-0.2, 0) is 11.3 Å². The highest BCUT2D eigenvalue weighted by atomic mass is 32.2. The molecule has 0 spiro atoms.